The maximum absolute atomic E-state index is 13.5. The molecule has 0 unspecified atom stereocenters. The minimum Gasteiger partial charge on any atom is -0.336 e. The van der Waals surface area contributed by atoms with Gasteiger partial charge in [-0.15, -0.1) is 0 Å². The molecular formula is C32H24FN7. The van der Waals surface area contributed by atoms with Gasteiger partial charge in [0.1, 0.15) is 17.0 Å². The van der Waals surface area contributed by atoms with Crippen LogP contribution in [0.5, 0.6) is 0 Å². The van der Waals surface area contributed by atoms with E-state index in [0.29, 0.717) is 22.7 Å². The fourth-order valence-electron chi connectivity index (χ4n) is 4.93. The number of hydrogen-bond donors (Lipinski definition) is 3. The summed E-state index contributed by atoms with van der Waals surface area (Å²) in [4.78, 5) is 17.3. The first-order valence-electron chi connectivity index (χ1n) is 13.0. The number of H-pyrrole nitrogens is 2. The molecule has 0 aliphatic rings. The number of fused-ring (bicyclic) bond motifs is 2. The first-order chi connectivity index (χ1) is 19.7. The Balaban J connectivity index is 1.20. The number of hydrogen-bond acceptors (Lipinski definition) is 5. The molecule has 0 saturated carbocycles. The van der Waals surface area contributed by atoms with E-state index in [1.165, 1.54) is 17.7 Å². The van der Waals surface area contributed by atoms with E-state index in [1.807, 2.05) is 42.7 Å². The molecule has 0 radical (unpaired) electrons. The summed E-state index contributed by atoms with van der Waals surface area (Å²) in [6, 6.07) is 26.9. The van der Waals surface area contributed by atoms with Gasteiger partial charge in [-0.25, -0.2) is 9.37 Å². The minimum absolute atomic E-state index is 0.290. The first kappa shape index (κ1) is 23.9. The van der Waals surface area contributed by atoms with E-state index in [1.54, 1.807) is 18.3 Å². The summed E-state index contributed by atoms with van der Waals surface area (Å²) < 4.78 is 13.5. The van der Waals surface area contributed by atoms with E-state index >= 15 is 0 Å². The average molecular weight is 526 g/mol. The van der Waals surface area contributed by atoms with Crippen LogP contribution in [0, 0.1) is 5.82 Å². The number of imidazole rings is 1. The van der Waals surface area contributed by atoms with Gasteiger partial charge in [0.15, 0.2) is 5.82 Å². The highest BCUT2D eigenvalue weighted by Crippen LogP contribution is 2.32. The fraction of sp³-hybridized carbons (Fsp3) is 0.0625. The number of aromatic amines is 2. The third-order valence-electron chi connectivity index (χ3n) is 6.94. The summed E-state index contributed by atoms with van der Waals surface area (Å²) in [6.45, 7) is 1.52. The van der Waals surface area contributed by atoms with E-state index in [2.05, 4.69) is 60.8 Å². The van der Waals surface area contributed by atoms with E-state index < -0.39 is 0 Å². The highest BCUT2D eigenvalue weighted by Gasteiger charge is 2.16. The number of nitrogens with zero attached hydrogens (tertiary/aromatic N) is 4. The van der Waals surface area contributed by atoms with Crippen LogP contribution in [0.4, 0.5) is 4.39 Å². The van der Waals surface area contributed by atoms with Crippen molar-refractivity contribution in [2.75, 3.05) is 0 Å². The lowest BCUT2D eigenvalue weighted by Crippen LogP contribution is -2.12. The Morgan fingerprint density at radius 2 is 1.55 bits per heavy atom. The fourth-order valence-corrected chi connectivity index (χ4v) is 4.93. The molecule has 0 saturated heterocycles. The molecule has 0 bridgehead atoms. The average Bonchev–Trinajstić information content (AvgIpc) is 3.62. The quantitative estimate of drug-likeness (QED) is 0.216. The Morgan fingerprint density at radius 3 is 2.42 bits per heavy atom. The number of pyridine rings is 2. The smallest absolute Gasteiger partial charge is 0.159 e. The molecule has 0 atom stereocenters. The minimum atomic E-state index is -0.290. The highest BCUT2D eigenvalue weighted by molar-refractivity contribution is 5.97. The Morgan fingerprint density at radius 1 is 0.725 bits per heavy atom. The van der Waals surface area contributed by atoms with E-state index in [9.17, 15) is 4.39 Å². The van der Waals surface area contributed by atoms with Crippen molar-refractivity contribution in [3.05, 3.63) is 120 Å². The van der Waals surface area contributed by atoms with Crippen molar-refractivity contribution in [3.8, 4) is 33.9 Å². The second kappa shape index (κ2) is 10.2. The van der Waals surface area contributed by atoms with Gasteiger partial charge in [0.05, 0.1) is 16.7 Å². The Bertz CT molecular complexity index is 1940. The molecule has 4 aromatic heterocycles. The van der Waals surface area contributed by atoms with Gasteiger partial charge < -0.3 is 10.3 Å². The lowest BCUT2D eigenvalue weighted by molar-refractivity contribution is 0.628. The molecule has 3 N–H and O–H groups in total. The Hall–Kier alpha value is -5.21. The van der Waals surface area contributed by atoms with Crippen LogP contribution >= 0.6 is 0 Å². The first-order valence-corrected chi connectivity index (χ1v) is 13.0. The van der Waals surface area contributed by atoms with E-state index in [0.717, 1.165) is 51.8 Å². The highest BCUT2D eigenvalue weighted by atomic mass is 19.1. The number of benzene rings is 3. The Labute approximate surface area is 229 Å². The maximum atomic E-state index is 13.5. The zero-order valence-electron chi connectivity index (χ0n) is 21.4. The zero-order chi connectivity index (χ0) is 26.9. The summed E-state index contributed by atoms with van der Waals surface area (Å²) >= 11 is 0. The molecule has 0 aliphatic carbocycles. The van der Waals surface area contributed by atoms with Crippen LogP contribution in [0.1, 0.15) is 11.1 Å². The molecule has 7 aromatic rings. The third kappa shape index (κ3) is 4.61. The van der Waals surface area contributed by atoms with Crippen molar-refractivity contribution in [3.63, 3.8) is 0 Å². The van der Waals surface area contributed by atoms with Crippen LogP contribution < -0.4 is 5.32 Å². The van der Waals surface area contributed by atoms with Crippen LogP contribution in [0.2, 0.25) is 0 Å². The molecule has 0 fully saturated rings. The molecule has 0 aliphatic heterocycles. The molecule has 7 rings (SSSR count). The molecule has 194 valence electrons. The van der Waals surface area contributed by atoms with Gasteiger partial charge >= 0.3 is 0 Å². The molecular weight excluding hydrogens is 501 g/mol. The van der Waals surface area contributed by atoms with E-state index in [-0.39, 0.29) is 5.82 Å². The largest absolute Gasteiger partial charge is 0.336 e. The normalized spacial score (nSPS) is 11.4. The van der Waals surface area contributed by atoms with Crippen LogP contribution in [-0.2, 0) is 13.1 Å². The van der Waals surface area contributed by atoms with E-state index in [4.69, 9.17) is 4.98 Å². The van der Waals surface area contributed by atoms with Crippen molar-refractivity contribution in [2.24, 2.45) is 0 Å². The predicted octanol–water partition coefficient (Wildman–Crippen LogP) is 6.66. The molecule has 3 aromatic carbocycles. The van der Waals surface area contributed by atoms with Gasteiger partial charge in [0.2, 0.25) is 0 Å². The SMILES string of the molecule is Fc1ccc(-c2nccc3[nH]c(-c4n[nH]c5ccc(-c6cncc(CNCc7ccccc7)c6)cc45)nc23)cc1. The summed E-state index contributed by atoms with van der Waals surface area (Å²) in [7, 11) is 0. The molecule has 0 spiro atoms. The van der Waals surface area contributed by atoms with Crippen molar-refractivity contribution in [1.82, 2.24) is 35.5 Å². The number of nitrogens with one attached hydrogen (secondary N) is 3. The second-order valence-corrected chi connectivity index (χ2v) is 9.65. The predicted molar refractivity (Wildman–Crippen MR) is 155 cm³/mol. The lowest BCUT2D eigenvalue weighted by Gasteiger charge is -2.07. The second-order valence-electron chi connectivity index (χ2n) is 9.65. The third-order valence-corrected chi connectivity index (χ3v) is 6.94. The maximum Gasteiger partial charge on any atom is 0.159 e. The summed E-state index contributed by atoms with van der Waals surface area (Å²) in [6.07, 6.45) is 5.49. The van der Waals surface area contributed by atoms with Crippen LogP contribution in [0.25, 0.3) is 55.8 Å². The molecule has 0 amide bonds. The molecule has 40 heavy (non-hydrogen) atoms. The number of halogens is 1. The molecule has 8 heteroatoms. The lowest BCUT2D eigenvalue weighted by atomic mass is 10.0. The van der Waals surface area contributed by atoms with Crippen molar-refractivity contribution in [1.29, 1.82) is 0 Å². The zero-order valence-corrected chi connectivity index (χ0v) is 21.4. The van der Waals surface area contributed by atoms with Crippen molar-refractivity contribution >= 4 is 21.9 Å². The number of aromatic nitrogens is 6. The van der Waals surface area contributed by atoms with Gasteiger partial charge in [-0.3, -0.25) is 15.1 Å². The van der Waals surface area contributed by atoms with Crippen molar-refractivity contribution < 1.29 is 4.39 Å². The summed E-state index contributed by atoms with van der Waals surface area (Å²) in [5.74, 6) is 0.341. The van der Waals surface area contributed by atoms with Gasteiger partial charge in [-0.1, -0.05) is 36.4 Å². The number of rotatable bonds is 7. The van der Waals surface area contributed by atoms with Gasteiger partial charge in [-0.2, -0.15) is 5.10 Å². The Kier molecular flexibility index (Phi) is 6.07. The monoisotopic (exact) mass is 525 g/mol. The summed E-state index contributed by atoms with van der Waals surface area (Å²) in [5, 5.41) is 12.1. The molecule has 7 nitrogen and oxygen atoms in total. The standard InChI is InChI=1S/C32H24FN7/c33-25-9-6-22(7-10-25)29-31-28(12-13-36-29)37-32(38-31)30-26-15-23(8-11-27(26)39-40-30)24-14-21(18-35-19-24)17-34-16-20-4-2-1-3-5-20/h1-15,18-19,34H,16-17H2,(H,37,38)(H,39,40). The van der Waals surface area contributed by atoms with Gasteiger partial charge in [0.25, 0.3) is 0 Å². The van der Waals surface area contributed by atoms with Crippen molar-refractivity contribution in [2.45, 2.75) is 13.1 Å². The van der Waals surface area contributed by atoms with Crippen LogP contribution in [0.15, 0.2) is 104 Å². The van der Waals surface area contributed by atoms with Crippen LogP contribution in [-0.4, -0.2) is 30.1 Å². The van der Waals surface area contributed by atoms with Gasteiger partial charge in [0, 0.05) is 48.2 Å². The summed E-state index contributed by atoms with van der Waals surface area (Å²) in [5.41, 5.74) is 9.06. The van der Waals surface area contributed by atoms with Gasteiger partial charge in [-0.05, 0) is 65.2 Å². The topological polar surface area (TPSA) is 95.2 Å². The van der Waals surface area contributed by atoms with Crippen LogP contribution in [0.3, 0.4) is 0 Å². The molecule has 4 heterocycles.